The first-order valence-electron chi connectivity index (χ1n) is 3.69. The van der Waals surface area contributed by atoms with Gasteiger partial charge >= 0.3 is 6.18 Å². The summed E-state index contributed by atoms with van der Waals surface area (Å²) < 4.78 is 35.2. The van der Waals surface area contributed by atoms with Gasteiger partial charge in [-0.05, 0) is 23.8 Å². The number of allylic oxidation sites excluding steroid dienone is 1. The van der Waals surface area contributed by atoms with Gasteiger partial charge in [0.15, 0.2) is 0 Å². The Labute approximate surface area is 78.1 Å². The van der Waals surface area contributed by atoms with E-state index in [4.69, 9.17) is 0 Å². The van der Waals surface area contributed by atoms with Gasteiger partial charge in [0.1, 0.15) is 0 Å². The normalized spacial score (nSPS) is 11.9. The number of hydrogen-bond donors (Lipinski definition) is 0. The van der Waals surface area contributed by atoms with Crippen molar-refractivity contribution in [3.05, 3.63) is 36.2 Å². The van der Waals surface area contributed by atoms with Crippen LogP contribution < -0.4 is 0 Å². The van der Waals surface area contributed by atoms with E-state index in [1.54, 1.807) is 12.1 Å². The maximum Gasteiger partial charge on any atom is 0.454 e. The maximum absolute atomic E-state index is 11.7. The molecule has 0 saturated heterocycles. The lowest BCUT2D eigenvalue weighted by Crippen LogP contribution is -2.19. The van der Waals surface area contributed by atoms with Crippen LogP contribution >= 0.6 is 0 Å². The molecule has 1 heterocycles. The van der Waals surface area contributed by atoms with Gasteiger partial charge in [0.25, 0.3) is 5.78 Å². The number of alkyl halides is 3. The lowest BCUT2D eigenvalue weighted by Gasteiger charge is -1.98. The first-order valence-corrected chi connectivity index (χ1v) is 3.69. The number of pyridine rings is 1. The maximum atomic E-state index is 11.7. The van der Waals surface area contributed by atoms with Gasteiger partial charge < -0.3 is 0 Å². The van der Waals surface area contributed by atoms with E-state index in [9.17, 15) is 18.0 Å². The van der Waals surface area contributed by atoms with Gasteiger partial charge in [0.05, 0.1) is 0 Å². The SMILES string of the molecule is O=C(/C=C/c1cccnc1)C(F)(F)F. The van der Waals surface area contributed by atoms with E-state index >= 15 is 0 Å². The second-order valence-electron chi connectivity index (χ2n) is 2.48. The van der Waals surface area contributed by atoms with Crippen molar-refractivity contribution in [1.82, 2.24) is 4.98 Å². The lowest BCUT2D eigenvalue weighted by molar-refractivity contribution is -0.165. The van der Waals surface area contributed by atoms with Crippen LogP contribution in [-0.4, -0.2) is 16.9 Å². The Hall–Kier alpha value is -1.65. The summed E-state index contributed by atoms with van der Waals surface area (Å²) >= 11 is 0. The molecule has 5 heteroatoms. The molecular formula is C9H6F3NO. The number of rotatable bonds is 2. The van der Waals surface area contributed by atoms with E-state index in [1.807, 2.05) is 0 Å². The Morgan fingerprint density at radius 2 is 2.14 bits per heavy atom. The Kier molecular flexibility index (Phi) is 3.01. The van der Waals surface area contributed by atoms with E-state index in [2.05, 4.69) is 4.98 Å². The standard InChI is InChI=1S/C9H6F3NO/c10-9(11,12)8(14)4-3-7-2-1-5-13-6-7/h1-6H/b4-3+. The highest BCUT2D eigenvalue weighted by Gasteiger charge is 2.35. The van der Waals surface area contributed by atoms with Crippen LogP contribution in [-0.2, 0) is 4.79 Å². The van der Waals surface area contributed by atoms with Gasteiger partial charge in [-0.25, -0.2) is 0 Å². The molecule has 0 fully saturated rings. The monoisotopic (exact) mass is 201 g/mol. The van der Waals surface area contributed by atoms with Crippen molar-refractivity contribution in [2.45, 2.75) is 6.18 Å². The van der Waals surface area contributed by atoms with E-state index in [0.29, 0.717) is 11.6 Å². The average Bonchev–Trinajstić information content (AvgIpc) is 2.14. The van der Waals surface area contributed by atoms with Gasteiger partial charge in [-0.3, -0.25) is 9.78 Å². The third-order valence-electron chi connectivity index (χ3n) is 1.39. The minimum Gasteiger partial charge on any atom is -0.285 e. The van der Waals surface area contributed by atoms with Crippen LogP contribution in [0.1, 0.15) is 5.56 Å². The first-order chi connectivity index (χ1) is 6.50. The highest BCUT2D eigenvalue weighted by Crippen LogP contribution is 2.16. The van der Waals surface area contributed by atoms with Gasteiger partial charge in [-0.1, -0.05) is 6.07 Å². The summed E-state index contributed by atoms with van der Waals surface area (Å²) in [6, 6.07) is 3.12. The molecule has 0 N–H and O–H groups in total. The average molecular weight is 201 g/mol. The summed E-state index contributed by atoms with van der Waals surface area (Å²) in [7, 11) is 0. The number of nitrogens with zero attached hydrogens (tertiary/aromatic N) is 1. The second-order valence-corrected chi connectivity index (χ2v) is 2.48. The number of hydrogen-bond acceptors (Lipinski definition) is 2. The molecule has 0 atom stereocenters. The molecule has 0 aromatic carbocycles. The van der Waals surface area contributed by atoms with E-state index in [-0.39, 0.29) is 0 Å². The van der Waals surface area contributed by atoms with Crippen LogP contribution in [0, 0.1) is 0 Å². The molecule has 0 aliphatic heterocycles. The summed E-state index contributed by atoms with van der Waals surface area (Å²) in [5, 5.41) is 0. The lowest BCUT2D eigenvalue weighted by atomic mass is 10.2. The zero-order valence-corrected chi connectivity index (χ0v) is 6.95. The largest absolute Gasteiger partial charge is 0.454 e. The van der Waals surface area contributed by atoms with Gasteiger partial charge in [-0.15, -0.1) is 0 Å². The van der Waals surface area contributed by atoms with Crippen LogP contribution in [0.3, 0.4) is 0 Å². The molecule has 0 unspecified atom stereocenters. The first kappa shape index (κ1) is 10.4. The fourth-order valence-corrected chi connectivity index (χ4v) is 0.741. The summed E-state index contributed by atoms with van der Waals surface area (Å²) in [5.41, 5.74) is 0.449. The van der Waals surface area contributed by atoms with Gasteiger partial charge in [0, 0.05) is 12.4 Å². The summed E-state index contributed by atoms with van der Waals surface area (Å²) in [5.74, 6) is -1.87. The fraction of sp³-hybridized carbons (Fsp3) is 0.111. The molecule has 1 rings (SSSR count). The fourth-order valence-electron chi connectivity index (χ4n) is 0.741. The smallest absolute Gasteiger partial charge is 0.285 e. The van der Waals surface area contributed by atoms with Gasteiger partial charge in [0.2, 0.25) is 0 Å². The molecule has 74 valence electrons. The molecule has 1 aromatic heterocycles. The van der Waals surface area contributed by atoms with Crippen LogP contribution in [0.2, 0.25) is 0 Å². The van der Waals surface area contributed by atoms with E-state index in [1.165, 1.54) is 12.4 Å². The highest BCUT2D eigenvalue weighted by atomic mass is 19.4. The molecule has 0 radical (unpaired) electrons. The molecule has 14 heavy (non-hydrogen) atoms. The van der Waals surface area contributed by atoms with Crippen LogP contribution in [0.25, 0.3) is 6.08 Å². The van der Waals surface area contributed by atoms with E-state index < -0.39 is 12.0 Å². The number of carbonyl (C=O) groups excluding carboxylic acids is 1. The van der Waals surface area contributed by atoms with Crippen molar-refractivity contribution in [3.63, 3.8) is 0 Å². The summed E-state index contributed by atoms with van der Waals surface area (Å²) in [6.07, 6.45) is -0.401. The highest BCUT2D eigenvalue weighted by molar-refractivity contribution is 5.97. The van der Waals surface area contributed by atoms with Crippen LogP contribution in [0.5, 0.6) is 0 Å². The van der Waals surface area contributed by atoms with Crippen LogP contribution in [0.15, 0.2) is 30.6 Å². The molecule has 0 aliphatic carbocycles. The molecule has 0 amide bonds. The Morgan fingerprint density at radius 1 is 1.43 bits per heavy atom. The van der Waals surface area contributed by atoms with Crippen molar-refractivity contribution in [3.8, 4) is 0 Å². The number of carbonyl (C=O) groups is 1. The number of halogens is 3. The second kappa shape index (κ2) is 4.04. The molecule has 0 spiro atoms. The third kappa shape index (κ3) is 3.01. The molecule has 1 aromatic rings. The predicted octanol–water partition coefficient (Wildman–Crippen LogP) is 2.23. The van der Waals surface area contributed by atoms with E-state index in [0.717, 1.165) is 6.08 Å². The minimum absolute atomic E-state index is 0.449. The third-order valence-corrected chi connectivity index (χ3v) is 1.39. The van der Waals surface area contributed by atoms with Crippen molar-refractivity contribution in [2.75, 3.05) is 0 Å². The molecular weight excluding hydrogens is 195 g/mol. The number of ketones is 1. The topological polar surface area (TPSA) is 30.0 Å². The predicted molar refractivity (Wildman–Crippen MR) is 44.3 cm³/mol. The number of aromatic nitrogens is 1. The molecule has 0 aliphatic rings. The Morgan fingerprint density at radius 3 is 2.64 bits per heavy atom. The Balaban J connectivity index is 2.71. The summed E-state index contributed by atoms with van der Waals surface area (Å²) in [4.78, 5) is 14.1. The van der Waals surface area contributed by atoms with Crippen molar-refractivity contribution in [1.29, 1.82) is 0 Å². The van der Waals surface area contributed by atoms with Gasteiger partial charge in [-0.2, -0.15) is 13.2 Å². The van der Waals surface area contributed by atoms with Crippen LogP contribution in [0.4, 0.5) is 13.2 Å². The molecule has 2 nitrogen and oxygen atoms in total. The van der Waals surface area contributed by atoms with Crippen molar-refractivity contribution in [2.24, 2.45) is 0 Å². The van der Waals surface area contributed by atoms with Crippen molar-refractivity contribution < 1.29 is 18.0 Å². The van der Waals surface area contributed by atoms with Crippen molar-refractivity contribution >= 4 is 11.9 Å². The Bertz CT molecular complexity index is 343. The molecule has 0 bridgehead atoms. The molecule has 0 saturated carbocycles. The quantitative estimate of drug-likeness (QED) is 0.686. The minimum atomic E-state index is -4.81. The summed E-state index contributed by atoms with van der Waals surface area (Å²) in [6.45, 7) is 0. The zero-order chi connectivity index (χ0) is 10.6. The zero-order valence-electron chi connectivity index (χ0n) is 6.95.